The summed E-state index contributed by atoms with van der Waals surface area (Å²) in [6.45, 7) is 3.90. The predicted molar refractivity (Wildman–Crippen MR) is 138 cm³/mol. The molecule has 0 spiro atoms. The molecule has 0 saturated carbocycles. The minimum Gasteiger partial charge on any atom is -0.396 e. The van der Waals surface area contributed by atoms with Gasteiger partial charge in [0, 0.05) is 50.1 Å². The maximum absolute atomic E-state index is 13.3. The molecular weight excluding hydrogens is 458 g/mol. The highest BCUT2D eigenvalue weighted by Gasteiger charge is 2.23. The summed E-state index contributed by atoms with van der Waals surface area (Å²) in [6.07, 6.45) is 6.70. The van der Waals surface area contributed by atoms with Crippen LogP contribution >= 0.6 is 0 Å². The van der Waals surface area contributed by atoms with Crippen LogP contribution in [0.3, 0.4) is 0 Å². The third kappa shape index (κ3) is 5.09. The zero-order valence-corrected chi connectivity index (χ0v) is 20.5. The maximum Gasteiger partial charge on any atom is 0.274 e. The summed E-state index contributed by atoms with van der Waals surface area (Å²) in [5, 5.41) is 32.0. The Morgan fingerprint density at radius 3 is 2.78 bits per heavy atom. The molecule has 1 amide bonds. The van der Waals surface area contributed by atoms with Crippen LogP contribution in [0, 0.1) is 5.92 Å². The average molecular weight is 490 g/mol. The molecule has 36 heavy (non-hydrogen) atoms. The van der Waals surface area contributed by atoms with Crippen LogP contribution in [0.1, 0.15) is 30.3 Å². The number of carbonyl (C=O) groups is 1. The number of aliphatic hydroxyl groups excluding tert-OH is 2. The molecule has 3 aromatic heterocycles. The number of aliphatic hydroxyl groups is 2. The van der Waals surface area contributed by atoms with Gasteiger partial charge in [0.2, 0.25) is 0 Å². The first-order valence-corrected chi connectivity index (χ1v) is 12.2. The van der Waals surface area contributed by atoms with Crippen molar-refractivity contribution in [3.8, 4) is 11.3 Å². The van der Waals surface area contributed by atoms with E-state index in [2.05, 4.69) is 25.4 Å². The van der Waals surface area contributed by atoms with Gasteiger partial charge in [-0.1, -0.05) is 6.07 Å². The van der Waals surface area contributed by atoms with E-state index in [1.54, 1.807) is 40.8 Å². The zero-order chi connectivity index (χ0) is 25.2. The van der Waals surface area contributed by atoms with E-state index in [9.17, 15) is 15.0 Å². The fraction of sp³-hybridized carbons (Fsp3) is 0.385. The molecule has 3 N–H and O–H groups in total. The molecule has 1 atom stereocenters. The van der Waals surface area contributed by atoms with Crippen molar-refractivity contribution in [2.45, 2.75) is 32.4 Å². The van der Waals surface area contributed by atoms with Crippen LogP contribution in [0.5, 0.6) is 0 Å². The lowest BCUT2D eigenvalue weighted by molar-refractivity contribution is 0.102. The summed E-state index contributed by atoms with van der Waals surface area (Å²) in [7, 11) is 1.88. The van der Waals surface area contributed by atoms with Gasteiger partial charge in [-0.25, -0.2) is 4.98 Å². The predicted octanol–water partition coefficient (Wildman–Crippen LogP) is 2.67. The summed E-state index contributed by atoms with van der Waals surface area (Å²) < 4.78 is 3.42. The number of amides is 1. The monoisotopic (exact) mass is 489 g/mol. The number of aromatic nitrogens is 5. The summed E-state index contributed by atoms with van der Waals surface area (Å²) in [6, 6.07) is 9.30. The number of fused-ring (bicyclic) bond motifs is 1. The van der Waals surface area contributed by atoms with E-state index < -0.39 is 6.10 Å². The van der Waals surface area contributed by atoms with Crippen molar-refractivity contribution in [1.29, 1.82) is 0 Å². The molecule has 5 rings (SSSR count). The third-order valence-electron chi connectivity index (χ3n) is 6.56. The van der Waals surface area contributed by atoms with Gasteiger partial charge in [0.15, 0.2) is 0 Å². The maximum atomic E-state index is 13.3. The van der Waals surface area contributed by atoms with Gasteiger partial charge in [0.25, 0.3) is 5.91 Å². The van der Waals surface area contributed by atoms with Crippen LogP contribution in [0.15, 0.2) is 48.9 Å². The number of benzene rings is 1. The summed E-state index contributed by atoms with van der Waals surface area (Å²) >= 11 is 0. The lowest BCUT2D eigenvalue weighted by Crippen LogP contribution is -2.35. The molecule has 4 aromatic rings. The van der Waals surface area contributed by atoms with Gasteiger partial charge in [-0.15, -0.1) is 0 Å². The first-order chi connectivity index (χ1) is 17.4. The number of pyridine rings is 1. The Morgan fingerprint density at radius 1 is 1.22 bits per heavy atom. The van der Waals surface area contributed by atoms with Crippen LogP contribution in [-0.4, -0.2) is 66.5 Å². The third-order valence-corrected chi connectivity index (χ3v) is 6.56. The minimum absolute atomic E-state index is 0.205. The van der Waals surface area contributed by atoms with Gasteiger partial charge in [-0.2, -0.15) is 10.2 Å². The second kappa shape index (κ2) is 10.1. The normalized spacial score (nSPS) is 15.4. The second-order valence-electron chi connectivity index (χ2n) is 9.51. The largest absolute Gasteiger partial charge is 0.396 e. The van der Waals surface area contributed by atoms with Gasteiger partial charge in [-0.05, 0) is 49.9 Å². The molecule has 1 aliphatic heterocycles. The van der Waals surface area contributed by atoms with Crippen LogP contribution in [0.25, 0.3) is 22.2 Å². The molecule has 0 aliphatic carbocycles. The van der Waals surface area contributed by atoms with Crippen LogP contribution in [0.2, 0.25) is 0 Å². The van der Waals surface area contributed by atoms with Crippen molar-refractivity contribution in [2.24, 2.45) is 13.0 Å². The molecule has 188 valence electrons. The van der Waals surface area contributed by atoms with Gasteiger partial charge in [0.1, 0.15) is 5.69 Å². The number of hydrogen-bond donors (Lipinski definition) is 3. The van der Waals surface area contributed by atoms with Crippen molar-refractivity contribution >= 4 is 28.2 Å². The van der Waals surface area contributed by atoms with Crippen molar-refractivity contribution in [1.82, 2.24) is 24.5 Å². The highest BCUT2D eigenvalue weighted by atomic mass is 16.3. The Hall–Kier alpha value is -3.76. The second-order valence-corrected chi connectivity index (χ2v) is 9.51. The van der Waals surface area contributed by atoms with Crippen molar-refractivity contribution < 1.29 is 15.0 Å². The quantitative estimate of drug-likeness (QED) is 0.365. The molecule has 1 unspecified atom stereocenters. The zero-order valence-electron chi connectivity index (χ0n) is 20.5. The van der Waals surface area contributed by atoms with E-state index in [-0.39, 0.29) is 12.5 Å². The molecule has 1 saturated heterocycles. The van der Waals surface area contributed by atoms with Crippen LogP contribution < -0.4 is 10.2 Å². The Balaban J connectivity index is 1.41. The fourth-order valence-electron chi connectivity index (χ4n) is 4.68. The number of aryl methyl sites for hydroxylation is 1. The van der Waals surface area contributed by atoms with Crippen LogP contribution in [0.4, 0.5) is 11.4 Å². The first kappa shape index (κ1) is 24.0. The molecule has 0 bridgehead atoms. The van der Waals surface area contributed by atoms with E-state index in [4.69, 9.17) is 0 Å². The number of rotatable bonds is 7. The SMILES string of the molecule is CC(O)Cn1cc(-c2cccc(C(=O)Nc3cc4cn(C)nc4cc3N3CCC(CO)CC3)n2)cn1. The standard InChI is InChI=1S/C26H31N7O3/c1-17(35)13-33-15-20(12-27-33)21-4-3-5-22(28-21)26(36)29-24-10-19-14-31(2)30-23(19)11-25(24)32-8-6-18(16-34)7-9-32/h3-5,10-12,14-15,17-18,34-35H,6-9,13,16H2,1-2H3,(H,29,36). The summed E-state index contributed by atoms with van der Waals surface area (Å²) in [5.74, 6) is 0.0118. The van der Waals surface area contributed by atoms with Crippen LogP contribution in [-0.2, 0) is 13.6 Å². The summed E-state index contributed by atoms with van der Waals surface area (Å²) in [5.41, 5.74) is 4.19. The Labute approximate surface area is 209 Å². The van der Waals surface area contributed by atoms with E-state index in [1.807, 2.05) is 31.4 Å². The average Bonchev–Trinajstić information content (AvgIpc) is 3.48. The van der Waals surface area contributed by atoms with Gasteiger partial charge >= 0.3 is 0 Å². The van der Waals surface area contributed by atoms with E-state index in [0.29, 0.717) is 29.5 Å². The number of piperidine rings is 1. The highest BCUT2D eigenvalue weighted by Crippen LogP contribution is 2.34. The van der Waals surface area contributed by atoms with Crippen molar-refractivity contribution in [2.75, 3.05) is 29.9 Å². The van der Waals surface area contributed by atoms with E-state index in [1.165, 1.54) is 0 Å². The molecule has 1 aliphatic rings. The number of nitrogens with zero attached hydrogens (tertiary/aromatic N) is 6. The summed E-state index contributed by atoms with van der Waals surface area (Å²) in [4.78, 5) is 20.1. The fourth-order valence-corrected chi connectivity index (χ4v) is 4.68. The van der Waals surface area contributed by atoms with Crippen molar-refractivity contribution in [3.05, 3.63) is 54.6 Å². The molecule has 4 heterocycles. The van der Waals surface area contributed by atoms with Gasteiger partial charge in [0.05, 0.1) is 41.4 Å². The number of anilines is 2. The Morgan fingerprint density at radius 2 is 2.03 bits per heavy atom. The minimum atomic E-state index is -0.511. The molecular formula is C26H31N7O3. The molecule has 0 radical (unpaired) electrons. The number of carbonyl (C=O) groups excluding carboxylic acids is 1. The topological polar surface area (TPSA) is 121 Å². The molecule has 1 fully saturated rings. The Bertz CT molecular complexity index is 1370. The van der Waals surface area contributed by atoms with Gasteiger partial charge in [-0.3, -0.25) is 14.2 Å². The molecule has 10 nitrogen and oxygen atoms in total. The highest BCUT2D eigenvalue weighted by molar-refractivity contribution is 6.06. The van der Waals surface area contributed by atoms with E-state index in [0.717, 1.165) is 48.1 Å². The molecule has 10 heteroatoms. The lowest BCUT2D eigenvalue weighted by atomic mass is 9.97. The molecule has 1 aromatic carbocycles. The number of nitrogens with one attached hydrogen (secondary N) is 1. The number of hydrogen-bond acceptors (Lipinski definition) is 7. The van der Waals surface area contributed by atoms with Crippen molar-refractivity contribution in [3.63, 3.8) is 0 Å². The van der Waals surface area contributed by atoms with Gasteiger partial charge < -0.3 is 20.4 Å². The lowest BCUT2D eigenvalue weighted by Gasteiger charge is -2.34. The van der Waals surface area contributed by atoms with E-state index >= 15 is 0 Å². The Kier molecular flexibility index (Phi) is 6.71. The first-order valence-electron chi connectivity index (χ1n) is 12.2. The smallest absolute Gasteiger partial charge is 0.274 e.